The third-order valence-electron chi connectivity index (χ3n) is 16.5. The molecule has 0 bridgehead atoms. The average molecular weight is 1140 g/mol. The molecule has 0 spiro atoms. The van der Waals surface area contributed by atoms with Gasteiger partial charge in [0.25, 0.3) is 17.7 Å². The number of H-pyrrole nitrogens is 1. The number of benzene rings is 2. The molecular formula is C61H90N10O11. The second-order valence-electron chi connectivity index (χ2n) is 23.0. The quantitative estimate of drug-likeness (QED) is 0.0599. The predicted molar refractivity (Wildman–Crippen MR) is 311 cm³/mol. The minimum absolute atomic E-state index is 0.0125. The number of ether oxygens (including phenoxy) is 2. The molecule has 1 aromatic heterocycles. The maximum atomic E-state index is 15.0. The lowest BCUT2D eigenvalue weighted by molar-refractivity contribution is -0.199. The van der Waals surface area contributed by atoms with Crippen LogP contribution in [0.5, 0.6) is 0 Å². The van der Waals surface area contributed by atoms with Crippen molar-refractivity contribution in [2.75, 3.05) is 67.6 Å². The van der Waals surface area contributed by atoms with Crippen LogP contribution >= 0.6 is 0 Å². The number of aromatic amines is 1. The van der Waals surface area contributed by atoms with Gasteiger partial charge in [0.1, 0.15) is 12.1 Å². The molecule has 3 aliphatic rings. The van der Waals surface area contributed by atoms with Crippen molar-refractivity contribution in [3.63, 3.8) is 0 Å². The highest BCUT2D eigenvalue weighted by Crippen LogP contribution is 2.31. The normalized spacial score (nSPS) is 19.0. The SMILES string of the molecule is CC[C@H](C)[C@@H]([C@@H](CC(=O)N1CCC[C@H]1[C@H](OC)[C@@H](C)C(=O)N[C@@H](Cc1c[nH]c2ccccc12)C(=O)N1CCCCO1)OC)N(C)C(=O)[C@@H](NC(=O)[C@H](C(C)C)N(C)C[C@H](Cc1ccccc1)NC(=O)NCCN1C(=O)C=CC1=O)C(C)C. The number of nitrogens with one attached hydrogen (secondary N) is 5. The van der Waals surface area contributed by atoms with Crippen LogP contribution in [0.15, 0.2) is 72.9 Å². The second-order valence-corrected chi connectivity index (χ2v) is 23.0. The van der Waals surface area contributed by atoms with Crippen LogP contribution in [0.2, 0.25) is 0 Å². The first-order chi connectivity index (χ1) is 39.2. The Labute approximate surface area is 483 Å². The monoisotopic (exact) mass is 1140 g/mol. The summed E-state index contributed by atoms with van der Waals surface area (Å²) < 4.78 is 12.3. The Balaban J connectivity index is 1.12. The van der Waals surface area contributed by atoms with E-state index in [1.807, 2.05) is 114 Å². The molecule has 9 amide bonds. The summed E-state index contributed by atoms with van der Waals surface area (Å²) in [6, 6.07) is 12.8. The molecular weight excluding hydrogens is 1050 g/mol. The number of hydrogen-bond donors (Lipinski definition) is 5. The molecule has 6 rings (SSSR count). The zero-order chi connectivity index (χ0) is 59.8. The topological polar surface area (TPSA) is 244 Å². The number of hydroxylamine groups is 2. The third kappa shape index (κ3) is 16.5. The largest absolute Gasteiger partial charge is 0.379 e. The molecule has 10 atom stereocenters. The summed E-state index contributed by atoms with van der Waals surface area (Å²) in [4.78, 5) is 126. The first-order valence-electron chi connectivity index (χ1n) is 29.2. The van der Waals surface area contributed by atoms with Crippen molar-refractivity contribution in [3.05, 3.63) is 84.1 Å². The van der Waals surface area contributed by atoms with Crippen molar-refractivity contribution in [2.45, 2.75) is 148 Å². The second kappa shape index (κ2) is 30.6. The van der Waals surface area contributed by atoms with E-state index in [4.69, 9.17) is 14.3 Å². The molecule has 450 valence electrons. The van der Waals surface area contributed by atoms with E-state index in [1.54, 1.807) is 23.8 Å². The Kier molecular flexibility index (Phi) is 24.0. The molecule has 2 aromatic carbocycles. The molecule has 2 saturated heterocycles. The van der Waals surface area contributed by atoms with Crippen LogP contribution in [0.3, 0.4) is 0 Å². The summed E-state index contributed by atoms with van der Waals surface area (Å²) in [6.07, 6.45) is 6.91. The van der Waals surface area contributed by atoms with E-state index >= 15 is 0 Å². The van der Waals surface area contributed by atoms with Gasteiger partial charge in [-0.3, -0.25) is 48.2 Å². The van der Waals surface area contributed by atoms with Gasteiger partial charge in [0.2, 0.25) is 23.6 Å². The van der Waals surface area contributed by atoms with Crippen molar-refractivity contribution in [1.29, 1.82) is 0 Å². The number of rotatable bonds is 29. The fourth-order valence-corrected chi connectivity index (χ4v) is 11.9. The highest BCUT2D eigenvalue weighted by atomic mass is 16.7. The van der Waals surface area contributed by atoms with Gasteiger partial charge in [0, 0.05) is 95.7 Å². The number of likely N-dealkylation sites (N-methyl/N-ethyl adjacent to an activating group) is 2. The number of likely N-dealkylation sites (tertiary alicyclic amines) is 1. The summed E-state index contributed by atoms with van der Waals surface area (Å²) in [7, 11) is 6.57. The number of aromatic nitrogens is 1. The zero-order valence-corrected chi connectivity index (χ0v) is 50.0. The minimum atomic E-state index is -0.955. The number of hydrogen-bond acceptors (Lipinski definition) is 12. The van der Waals surface area contributed by atoms with Gasteiger partial charge >= 0.3 is 6.03 Å². The predicted octanol–water partition coefficient (Wildman–Crippen LogP) is 4.60. The smallest absolute Gasteiger partial charge is 0.315 e. The highest BCUT2D eigenvalue weighted by molar-refractivity contribution is 6.12. The van der Waals surface area contributed by atoms with E-state index in [1.165, 1.54) is 31.4 Å². The van der Waals surface area contributed by atoms with Gasteiger partial charge in [0.15, 0.2) is 0 Å². The van der Waals surface area contributed by atoms with Crippen molar-refractivity contribution in [2.24, 2.45) is 23.7 Å². The van der Waals surface area contributed by atoms with Gasteiger partial charge in [0.05, 0.1) is 49.3 Å². The standard InChI is InChI=1S/C61H90N10O11/c1-12-40(6)55(68(9)60(78)53(38(2)3)66-58(76)54(39(4)5)67(8)37-44(33-42-21-14-13-15-22-42)64-61(79)62-28-31-70-50(72)26-27-51(70)73)49(80-10)35-52(74)69-29-20-25-48(69)56(81-11)41(7)57(75)65-47(59(77)71-30-18-19-32-82-71)34-43-36-63-46-24-17-16-23-45(43)46/h13-17,21-24,26-27,36,38-41,44,47-49,53-56,63H,12,18-20,25,28-35,37H2,1-11H3,(H,65,75)(H,66,76)(H2,62,64,79)/t40-,41+,44-,47-,48-,49+,53-,54-,55-,56+/m0/s1. The van der Waals surface area contributed by atoms with E-state index in [-0.39, 0.29) is 79.8 Å². The highest BCUT2D eigenvalue weighted by Gasteiger charge is 2.44. The van der Waals surface area contributed by atoms with Crippen molar-refractivity contribution in [1.82, 2.24) is 50.9 Å². The van der Waals surface area contributed by atoms with Crippen molar-refractivity contribution in [3.8, 4) is 0 Å². The summed E-state index contributed by atoms with van der Waals surface area (Å²) in [5.74, 6) is -3.99. The molecule has 0 radical (unpaired) electrons. The van der Waals surface area contributed by atoms with Crippen LogP contribution in [0.4, 0.5) is 4.79 Å². The van der Waals surface area contributed by atoms with E-state index in [2.05, 4.69) is 26.3 Å². The summed E-state index contributed by atoms with van der Waals surface area (Å²) in [5, 5.41) is 14.2. The Bertz CT molecular complexity index is 2660. The van der Waals surface area contributed by atoms with Gasteiger partial charge in [-0.1, -0.05) is 103 Å². The molecule has 2 fully saturated rings. The number of carbonyl (C=O) groups excluding carboxylic acids is 8. The number of methoxy groups -OCH3 is 2. The molecule has 21 heteroatoms. The van der Waals surface area contributed by atoms with Crippen LogP contribution in [0.25, 0.3) is 10.9 Å². The van der Waals surface area contributed by atoms with E-state index in [0.29, 0.717) is 45.4 Å². The first kappa shape index (κ1) is 64.5. The molecule has 82 heavy (non-hydrogen) atoms. The van der Waals surface area contributed by atoms with E-state index in [9.17, 15) is 38.4 Å². The zero-order valence-electron chi connectivity index (χ0n) is 50.0. The molecule has 0 aliphatic carbocycles. The number of urea groups is 1. The van der Waals surface area contributed by atoms with Gasteiger partial charge in [-0.15, -0.1) is 0 Å². The van der Waals surface area contributed by atoms with Crippen LogP contribution in [-0.4, -0.2) is 193 Å². The molecule has 0 unspecified atom stereocenters. The molecule has 3 aliphatic heterocycles. The summed E-state index contributed by atoms with van der Waals surface area (Å²) in [6.45, 7) is 14.9. The van der Waals surface area contributed by atoms with Crippen molar-refractivity contribution < 1.29 is 52.7 Å². The van der Waals surface area contributed by atoms with Crippen LogP contribution in [0, 0.1) is 23.7 Å². The number of fused-ring (bicyclic) bond motifs is 1. The number of carbonyl (C=O) groups is 8. The maximum absolute atomic E-state index is 15.0. The van der Waals surface area contributed by atoms with Gasteiger partial charge in [-0.2, -0.15) is 0 Å². The number of nitrogens with zero attached hydrogens (tertiary/aromatic N) is 5. The molecule has 0 saturated carbocycles. The number of imide groups is 1. The first-order valence-corrected chi connectivity index (χ1v) is 29.2. The van der Waals surface area contributed by atoms with Crippen molar-refractivity contribution >= 4 is 58.3 Å². The van der Waals surface area contributed by atoms with E-state index in [0.717, 1.165) is 39.8 Å². The lowest BCUT2D eigenvalue weighted by atomic mass is 9.89. The Morgan fingerprint density at radius 2 is 1.50 bits per heavy atom. The van der Waals surface area contributed by atoms with Crippen LogP contribution in [0.1, 0.15) is 98.1 Å². The molecule has 5 N–H and O–H groups in total. The fourth-order valence-electron chi connectivity index (χ4n) is 11.9. The van der Waals surface area contributed by atoms with Gasteiger partial charge in [-0.25, -0.2) is 9.86 Å². The lowest BCUT2D eigenvalue weighted by Crippen LogP contribution is -2.60. The lowest BCUT2D eigenvalue weighted by Gasteiger charge is -2.41. The summed E-state index contributed by atoms with van der Waals surface area (Å²) in [5.41, 5.74) is 2.76. The van der Waals surface area contributed by atoms with Crippen LogP contribution < -0.4 is 21.3 Å². The van der Waals surface area contributed by atoms with Crippen LogP contribution in [-0.2, 0) is 60.7 Å². The minimum Gasteiger partial charge on any atom is -0.379 e. The average Bonchev–Trinajstić information content (AvgIpc) is 4.32. The number of para-hydroxylation sites is 1. The molecule has 3 aromatic rings. The number of amides is 9. The molecule has 21 nitrogen and oxygen atoms in total. The Morgan fingerprint density at radius 3 is 2.13 bits per heavy atom. The maximum Gasteiger partial charge on any atom is 0.315 e. The van der Waals surface area contributed by atoms with Gasteiger partial charge in [-0.05, 0) is 74.1 Å². The summed E-state index contributed by atoms with van der Waals surface area (Å²) >= 11 is 0. The fraction of sp³-hybridized carbons (Fsp3) is 0.607. The van der Waals surface area contributed by atoms with Gasteiger partial charge < -0.3 is 45.5 Å². The Morgan fingerprint density at radius 1 is 0.805 bits per heavy atom. The molecule has 4 heterocycles. The third-order valence-corrected chi connectivity index (χ3v) is 16.5. The van der Waals surface area contributed by atoms with E-state index < -0.39 is 72.2 Å². The Hall–Kier alpha value is -6.68.